The molecule has 5 nitrogen and oxygen atoms in total. The molecule has 2 aromatic rings. The first kappa shape index (κ1) is 24.2. The fourth-order valence-corrected chi connectivity index (χ4v) is 2.78. The maximum atomic E-state index is 5.20. The molecule has 2 aromatic carbocycles. The van der Waals surface area contributed by atoms with Crippen molar-refractivity contribution in [1.82, 2.24) is 15.5 Å². The molecule has 2 N–H and O–H groups in total. The van der Waals surface area contributed by atoms with Gasteiger partial charge in [0.05, 0.1) is 13.7 Å². The van der Waals surface area contributed by atoms with Crippen LogP contribution in [0.25, 0.3) is 0 Å². The molecule has 154 valence electrons. The molecule has 0 saturated carbocycles. The van der Waals surface area contributed by atoms with Gasteiger partial charge in [-0.3, -0.25) is 0 Å². The lowest BCUT2D eigenvalue weighted by molar-refractivity contribution is 0.290. The molecule has 0 spiro atoms. The predicted molar refractivity (Wildman–Crippen MR) is 129 cm³/mol. The molecule has 1 atom stereocenters. The summed E-state index contributed by atoms with van der Waals surface area (Å²) in [6, 6.07) is 19.0. The number of likely N-dealkylation sites (N-methyl/N-ethyl adjacent to an activating group) is 1. The highest BCUT2D eigenvalue weighted by molar-refractivity contribution is 14.0. The summed E-state index contributed by atoms with van der Waals surface area (Å²) >= 11 is 0. The Hall–Kier alpha value is -1.80. The summed E-state index contributed by atoms with van der Waals surface area (Å²) in [4.78, 5) is 6.97. The predicted octanol–water partition coefficient (Wildman–Crippen LogP) is 3.54. The van der Waals surface area contributed by atoms with Crippen molar-refractivity contribution in [3.8, 4) is 5.75 Å². The molecule has 0 bridgehead atoms. The van der Waals surface area contributed by atoms with Gasteiger partial charge in [-0.05, 0) is 50.7 Å². The first-order chi connectivity index (χ1) is 13.1. The van der Waals surface area contributed by atoms with Crippen molar-refractivity contribution < 1.29 is 4.74 Å². The van der Waals surface area contributed by atoms with Crippen LogP contribution < -0.4 is 15.4 Å². The van der Waals surface area contributed by atoms with E-state index in [-0.39, 0.29) is 24.0 Å². The highest BCUT2D eigenvalue weighted by Gasteiger charge is 2.13. The average molecular weight is 496 g/mol. The summed E-state index contributed by atoms with van der Waals surface area (Å²) in [6.07, 6.45) is 0.999. The second-order valence-electron chi connectivity index (χ2n) is 6.73. The lowest BCUT2D eigenvalue weighted by Gasteiger charge is -2.25. The minimum Gasteiger partial charge on any atom is -0.497 e. The van der Waals surface area contributed by atoms with Crippen molar-refractivity contribution in [2.24, 2.45) is 4.99 Å². The van der Waals surface area contributed by atoms with E-state index in [2.05, 4.69) is 66.9 Å². The maximum absolute atomic E-state index is 5.20. The molecule has 1 unspecified atom stereocenters. The number of hydrogen-bond acceptors (Lipinski definition) is 3. The van der Waals surface area contributed by atoms with Crippen LogP contribution in [0.15, 0.2) is 59.6 Å². The minimum absolute atomic E-state index is 0. The molecule has 0 aliphatic carbocycles. The molecule has 2 rings (SSSR count). The third-order valence-corrected chi connectivity index (χ3v) is 4.47. The molecule has 0 fully saturated rings. The summed E-state index contributed by atoms with van der Waals surface area (Å²) in [7, 11) is 5.92. The average Bonchev–Trinajstić information content (AvgIpc) is 2.70. The van der Waals surface area contributed by atoms with Crippen molar-refractivity contribution in [2.75, 3.05) is 34.3 Å². The van der Waals surface area contributed by atoms with Crippen LogP contribution in [0.2, 0.25) is 0 Å². The number of benzene rings is 2. The van der Waals surface area contributed by atoms with Gasteiger partial charge in [0.25, 0.3) is 0 Å². The molecule has 0 aliphatic heterocycles. The number of guanidine groups is 1. The molecule has 0 heterocycles. The van der Waals surface area contributed by atoms with E-state index in [0.717, 1.165) is 36.8 Å². The summed E-state index contributed by atoms with van der Waals surface area (Å²) < 4.78 is 5.20. The number of rotatable bonds is 9. The second-order valence-corrected chi connectivity index (χ2v) is 6.73. The van der Waals surface area contributed by atoms with Gasteiger partial charge in [-0.2, -0.15) is 0 Å². The van der Waals surface area contributed by atoms with Crippen LogP contribution in [-0.2, 0) is 13.0 Å². The van der Waals surface area contributed by atoms with Gasteiger partial charge < -0.3 is 20.3 Å². The lowest BCUT2D eigenvalue weighted by atomic mass is 10.1. The van der Waals surface area contributed by atoms with Crippen LogP contribution in [0, 0.1) is 0 Å². The van der Waals surface area contributed by atoms with E-state index < -0.39 is 0 Å². The number of ether oxygens (including phenoxy) is 1. The third-order valence-electron chi connectivity index (χ3n) is 4.47. The van der Waals surface area contributed by atoms with E-state index in [1.807, 2.05) is 24.3 Å². The molecule has 0 amide bonds. The van der Waals surface area contributed by atoms with Crippen LogP contribution in [-0.4, -0.2) is 51.2 Å². The summed E-state index contributed by atoms with van der Waals surface area (Å²) in [5, 5.41) is 6.82. The van der Waals surface area contributed by atoms with E-state index in [1.54, 1.807) is 7.11 Å². The number of nitrogens with zero attached hydrogens (tertiary/aromatic N) is 2. The number of halogens is 1. The summed E-state index contributed by atoms with van der Waals surface area (Å²) in [5.41, 5.74) is 2.50. The first-order valence-electron chi connectivity index (χ1n) is 9.47. The molecule has 0 aliphatic rings. The van der Waals surface area contributed by atoms with Gasteiger partial charge in [0.15, 0.2) is 5.96 Å². The van der Waals surface area contributed by atoms with Crippen molar-refractivity contribution in [1.29, 1.82) is 0 Å². The van der Waals surface area contributed by atoms with Gasteiger partial charge in [0.1, 0.15) is 5.75 Å². The zero-order valence-electron chi connectivity index (χ0n) is 17.3. The van der Waals surface area contributed by atoms with E-state index >= 15 is 0 Å². The van der Waals surface area contributed by atoms with Crippen LogP contribution in [0.4, 0.5) is 0 Å². The van der Waals surface area contributed by atoms with Crippen molar-refractivity contribution in [3.63, 3.8) is 0 Å². The summed E-state index contributed by atoms with van der Waals surface area (Å²) in [5.74, 6) is 1.70. The van der Waals surface area contributed by atoms with Gasteiger partial charge in [-0.15, -0.1) is 24.0 Å². The van der Waals surface area contributed by atoms with Crippen LogP contribution in [0.3, 0.4) is 0 Å². The molecular weight excluding hydrogens is 463 g/mol. The van der Waals surface area contributed by atoms with Crippen LogP contribution >= 0.6 is 24.0 Å². The smallest absolute Gasteiger partial charge is 0.191 e. The summed E-state index contributed by atoms with van der Waals surface area (Å²) in [6.45, 7) is 4.37. The zero-order valence-corrected chi connectivity index (χ0v) is 19.6. The van der Waals surface area contributed by atoms with E-state index in [1.165, 1.54) is 5.56 Å². The highest BCUT2D eigenvalue weighted by atomic mass is 127. The molecular formula is C22H33IN4O. The van der Waals surface area contributed by atoms with Gasteiger partial charge in [0.2, 0.25) is 0 Å². The maximum Gasteiger partial charge on any atom is 0.191 e. The van der Waals surface area contributed by atoms with E-state index in [0.29, 0.717) is 12.6 Å². The fourth-order valence-electron chi connectivity index (χ4n) is 2.78. The molecule has 28 heavy (non-hydrogen) atoms. The Morgan fingerprint density at radius 3 is 2.25 bits per heavy atom. The standard InChI is InChI=1S/C22H32N4O.HI/c1-5-23-22(24-16-19-11-13-21(27-4)14-12-19)25-17-20(26(2)3)15-18-9-7-6-8-10-18;/h6-14,20H,5,15-17H2,1-4H3,(H2,23,24,25);1H. The van der Waals surface area contributed by atoms with E-state index in [9.17, 15) is 0 Å². The van der Waals surface area contributed by atoms with Gasteiger partial charge in [-0.1, -0.05) is 42.5 Å². The quantitative estimate of drug-likeness (QED) is 0.317. The molecule has 0 aromatic heterocycles. The normalized spacial score (nSPS) is 12.2. The van der Waals surface area contributed by atoms with Crippen molar-refractivity contribution >= 4 is 29.9 Å². The zero-order chi connectivity index (χ0) is 19.5. The lowest BCUT2D eigenvalue weighted by Crippen LogP contribution is -2.46. The van der Waals surface area contributed by atoms with Gasteiger partial charge >= 0.3 is 0 Å². The molecule has 6 heteroatoms. The van der Waals surface area contributed by atoms with Crippen LogP contribution in [0.1, 0.15) is 18.1 Å². The Labute approximate surface area is 186 Å². The Balaban J connectivity index is 0.00000392. The third kappa shape index (κ3) is 8.48. The SMILES string of the molecule is CCNC(=NCc1ccc(OC)cc1)NCC(Cc1ccccc1)N(C)C.I. The fraction of sp³-hybridized carbons (Fsp3) is 0.409. The Bertz CT molecular complexity index is 689. The Morgan fingerprint density at radius 1 is 1.00 bits per heavy atom. The Morgan fingerprint density at radius 2 is 1.68 bits per heavy atom. The number of nitrogens with one attached hydrogen (secondary N) is 2. The first-order valence-corrected chi connectivity index (χ1v) is 9.47. The second kappa shape index (κ2) is 13.4. The minimum atomic E-state index is 0. The Kier molecular flexibility index (Phi) is 11.6. The largest absolute Gasteiger partial charge is 0.497 e. The van der Waals surface area contributed by atoms with Gasteiger partial charge in [-0.25, -0.2) is 4.99 Å². The highest BCUT2D eigenvalue weighted by Crippen LogP contribution is 2.12. The van der Waals surface area contributed by atoms with Crippen molar-refractivity contribution in [3.05, 3.63) is 65.7 Å². The number of aliphatic imine (C=N–C) groups is 1. The molecule has 0 radical (unpaired) electrons. The van der Waals surface area contributed by atoms with Crippen molar-refractivity contribution in [2.45, 2.75) is 25.9 Å². The molecule has 0 saturated heterocycles. The number of methoxy groups -OCH3 is 1. The van der Waals surface area contributed by atoms with Crippen LogP contribution in [0.5, 0.6) is 5.75 Å². The van der Waals surface area contributed by atoms with Gasteiger partial charge in [0, 0.05) is 19.1 Å². The van der Waals surface area contributed by atoms with E-state index in [4.69, 9.17) is 9.73 Å². The monoisotopic (exact) mass is 496 g/mol. The topological polar surface area (TPSA) is 48.9 Å². The number of hydrogen-bond donors (Lipinski definition) is 2.